The minimum absolute atomic E-state index is 0.00823. The molecule has 4 bridgehead atoms. The standard InChI is InChI=1S/C25H30N6O4/c32-16-3-1-13(2-4-16)21(33)24-30-22(31-35-24)17-10-26-23-20(27-11-28-23)19(17)29-18-14-5-12-6-15(18)9-25(34,7-12)8-14/h10-16,18,32,34H,1-9H2,(H2,26,27,28,29)/t12?,13?,14-,15+,16?,18?,25?. The van der Waals surface area contributed by atoms with Crippen LogP contribution in [0.15, 0.2) is 17.0 Å². The number of aromatic nitrogens is 5. The second-order valence-electron chi connectivity index (χ2n) is 11.3. The molecule has 5 atom stereocenters. The first-order valence-corrected chi connectivity index (χ1v) is 12.8. The number of hydrogen-bond donors (Lipinski definition) is 4. The van der Waals surface area contributed by atoms with Gasteiger partial charge in [0.25, 0.3) is 5.89 Å². The van der Waals surface area contributed by atoms with Gasteiger partial charge in [-0.15, -0.1) is 0 Å². The van der Waals surface area contributed by atoms with Gasteiger partial charge >= 0.3 is 0 Å². The highest BCUT2D eigenvalue weighted by Gasteiger charge is 2.54. The van der Waals surface area contributed by atoms with Crippen LogP contribution >= 0.6 is 0 Å². The Morgan fingerprint density at radius 3 is 2.63 bits per heavy atom. The normalized spacial score (nSPS) is 36.1. The van der Waals surface area contributed by atoms with E-state index >= 15 is 0 Å². The van der Waals surface area contributed by atoms with E-state index in [9.17, 15) is 15.0 Å². The zero-order valence-electron chi connectivity index (χ0n) is 19.5. The first-order chi connectivity index (χ1) is 17.0. The molecular formula is C25H30N6O4. The second-order valence-corrected chi connectivity index (χ2v) is 11.3. The molecule has 5 saturated carbocycles. The molecule has 0 aliphatic heterocycles. The van der Waals surface area contributed by atoms with E-state index in [1.807, 2.05) is 0 Å². The number of rotatable bonds is 5. The van der Waals surface area contributed by atoms with Crippen LogP contribution in [0.5, 0.6) is 0 Å². The van der Waals surface area contributed by atoms with Gasteiger partial charge in [-0.2, -0.15) is 4.98 Å². The number of ketones is 1. The number of hydrogen-bond acceptors (Lipinski definition) is 9. The first kappa shape index (κ1) is 21.4. The SMILES string of the molecule is O=C(c1nc(-c2cnc3nc[nH]c3c2NC2[C@@H]3CC4C[C@H]2CC(O)(C4)C3)no1)C1CCC(O)CC1. The summed E-state index contributed by atoms with van der Waals surface area (Å²) < 4.78 is 5.42. The summed E-state index contributed by atoms with van der Waals surface area (Å²) in [4.78, 5) is 29.4. The van der Waals surface area contributed by atoms with Crippen LogP contribution < -0.4 is 5.32 Å². The van der Waals surface area contributed by atoms with E-state index in [1.165, 1.54) is 0 Å². The minimum atomic E-state index is -0.503. The van der Waals surface area contributed by atoms with Crippen molar-refractivity contribution in [2.24, 2.45) is 23.7 Å². The van der Waals surface area contributed by atoms with Crippen molar-refractivity contribution in [2.45, 2.75) is 75.5 Å². The molecule has 4 N–H and O–H groups in total. The number of aliphatic hydroxyl groups excluding tert-OH is 1. The highest BCUT2D eigenvalue weighted by Crippen LogP contribution is 2.56. The largest absolute Gasteiger partial charge is 0.393 e. The molecule has 5 fully saturated rings. The van der Waals surface area contributed by atoms with E-state index in [0.717, 1.165) is 43.3 Å². The number of pyridine rings is 1. The van der Waals surface area contributed by atoms with Gasteiger partial charge in [0.15, 0.2) is 5.65 Å². The molecule has 10 heteroatoms. The number of Topliss-reactive ketones (excluding diaryl/α,β-unsaturated/α-hetero) is 1. The van der Waals surface area contributed by atoms with E-state index < -0.39 is 5.60 Å². The third kappa shape index (κ3) is 3.57. The Bertz CT molecular complexity index is 1260. The molecule has 3 aromatic rings. The Balaban J connectivity index is 1.21. The zero-order chi connectivity index (χ0) is 23.7. The van der Waals surface area contributed by atoms with Gasteiger partial charge in [0.1, 0.15) is 5.52 Å². The molecule has 0 aromatic carbocycles. The Hall–Kier alpha value is -2.85. The van der Waals surface area contributed by atoms with Crippen molar-refractivity contribution in [2.75, 3.05) is 5.32 Å². The number of aliphatic hydroxyl groups is 2. The molecule has 5 aliphatic carbocycles. The van der Waals surface area contributed by atoms with Crippen molar-refractivity contribution in [3.05, 3.63) is 18.4 Å². The summed E-state index contributed by atoms with van der Waals surface area (Å²) in [7, 11) is 0. The lowest BCUT2D eigenvalue weighted by Crippen LogP contribution is -2.59. The van der Waals surface area contributed by atoms with E-state index in [4.69, 9.17) is 4.52 Å². The number of fused-ring (bicyclic) bond motifs is 1. The van der Waals surface area contributed by atoms with Crippen molar-refractivity contribution in [1.82, 2.24) is 25.1 Å². The fraction of sp³-hybridized carbons (Fsp3) is 0.640. The van der Waals surface area contributed by atoms with Crippen LogP contribution in [0.4, 0.5) is 5.69 Å². The molecule has 0 radical (unpaired) electrons. The summed E-state index contributed by atoms with van der Waals surface area (Å²) in [5.74, 6) is 1.41. The number of carbonyl (C=O) groups is 1. The molecule has 0 spiro atoms. The number of aromatic amines is 1. The molecule has 3 heterocycles. The number of H-pyrrole nitrogens is 1. The molecule has 3 unspecified atom stereocenters. The molecule has 3 aromatic heterocycles. The Kier molecular flexibility index (Phi) is 4.79. The average Bonchev–Trinajstić information content (AvgIpc) is 3.50. The van der Waals surface area contributed by atoms with E-state index in [1.54, 1.807) is 12.5 Å². The topological polar surface area (TPSA) is 150 Å². The third-order valence-corrected chi connectivity index (χ3v) is 8.95. The minimum Gasteiger partial charge on any atom is -0.393 e. The fourth-order valence-electron chi connectivity index (χ4n) is 7.54. The lowest BCUT2D eigenvalue weighted by molar-refractivity contribution is -0.129. The van der Waals surface area contributed by atoms with E-state index in [-0.39, 0.29) is 29.7 Å². The maximum absolute atomic E-state index is 13.0. The molecule has 184 valence electrons. The molecule has 5 aliphatic rings. The van der Waals surface area contributed by atoms with Gasteiger partial charge in [-0.25, -0.2) is 9.97 Å². The summed E-state index contributed by atoms with van der Waals surface area (Å²) in [6.07, 6.45) is 10.4. The number of carbonyl (C=O) groups excluding carboxylic acids is 1. The van der Waals surface area contributed by atoms with Crippen LogP contribution in [0.1, 0.15) is 68.5 Å². The van der Waals surface area contributed by atoms with Gasteiger partial charge in [0.05, 0.1) is 29.3 Å². The summed E-state index contributed by atoms with van der Waals surface area (Å²) in [5.41, 5.74) is 2.35. The first-order valence-electron chi connectivity index (χ1n) is 12.8. The van der Waals surface area contributed by atoms with Crippen LogP contribution in [-0.2, 0) is 0 Å². The summed E-state index contributed by atoms with van der Waals surface area (Å²) >= 11 is 0. The number of nitrogens with zero attached hydrogens (tertiary/aromatic N) is 4. The van der Waals surface area contributed by atoms with Crippen molar-refractivity contribution >= 4 is 22.6 Å². The predicted octanol–water partition coefficient (Wildman–Crippen LogP) is 3.09. The number of nitrogens with one attached hydrogen (secondary N) is 2. The fourth-order valence-corrected chi connectivity index (χ4v) is 7.54. The van der Waals surface area contributed by atoms with Crippen LogP contribution in [0.2, 0.25) is 0 Å². The molecule has 0 amide bonds. The molecule has 0 saturated heterocycles. The van der Waals surface area contributed by atoms with Crippen LogP contribution in [0.3, 0.4) is 0 Å². The molecule has 8 rings (SSSR count). The quantitative estimate of drug-likeness (QED) is 0.406. The smallest absolute Gasteiger partial charge is 0.294 e. The Morgan fingerprint density at radius 1 is 1.11 bits per heavy atom. The monoisotopic (exact) mass is 478 g/mol. The van der Waals surface area contributed by atoms with Gasteiger partial charge in [-0.1, -0.05) is 5.16 Å². The van der Waals surface area contributed by atoms with E-state index in [0.29, 0.717) is 60.5 Å². The molecular weight excluding hydrogens is 448 g/mol. The number of anilines is 1. The van der Waals surface area contributed by atoms with Crippen molar-refractivity contribution in [3.8, 4) is 11.4 Å². The van der Waals surface area contributed by atoms with Crippen LogP contribution in [0, 0.1) is 23.7 Å². The van der Waals surface area contributed by atoms with Gasteiger partial charge in [-0.3, -0.25) is 4.79 Å². The van der Waals surface area contributed by atoms with Crippen LogP contribution in [0.25, 0.3) is 22.6 Å². The highest BCUT2D eigenvalue weighted by atomic mass is 16.5. The van der Waals surface area contributed by atoms with Crippen molar-refractivity contribution < 1.29 is 19.5 Å². The second kappa shape index (κ2) is 7.83. The van der Waals surface area contributed by atoms with Gasteiger partial charge < -0.3 is 25.0 Å². The average molecular weight is 479 g/mol. The lowest BCUT2D eigenvalue weighted by Gasteiger charge is -2.58. The summed E-state index contributed by atoms with van der Waals surface area (Å²) in [6, 6.07) is 0.237. The Labute approximate surface area is 201 Å². The highest BCUT2D eigenvalue weighted by molar-refractivity contribution is 5.96. The molecule has 35 heavy (non-hydrogen) atoms. The Morgan fingerprint density at radius 2 is 1.89 bits per heavy atom. The van der Waals surface area contributed by atoms with E-state index in [2.05, 4.69) is 30.4 Å². The molecule has 10 nitrogen and oxygen atoms in total. The maximum Gasteiger partial charge on any atom is 0.294 e. The van der Waals surface area contributed by atoms with Gasteiger partial charge in [-0.05, 0) is 75.5 Å². The van der Waals surface area contributed by atoms with Gasteiger partial charge in [0, 0.05) is 18.2 Å². The predicted molar refractivity (Wildman–Crippen MR) is 125 cm³/mol. The van der Waals surface area contributed by atoms with Crippen molar-refractivity contribution in [1.29, 1.82) is 0 Å². The lowest BCUT2D eigenvalue weighted by atomic mass is 9.52. The third-order valence-electron chi connectivity index (χ3n) is 8.95. The van der Waals surface area contributed by atoms with Crippen molar-refractivity contribution in [3.63, 3.8) is 0 Å². The maximum atomic E-state index is 13.0. The summed E-state index contributed by atoms with van der Waals surface area (Å²) in [5, 5.41) is 28.7. The van der Waals surface area contributed by atoms with Crippen LogP contribution in [-0.4, -0.2) is 58.8 Å². The zero-order valence-corrected chi connectivity index (χ0v) is 19.5. The van der Waals surface area contributed by atoms with Gasteiger partial charge in [0.2, 0.25) is 11.6 Å². The number of imidazole rings is 1. The summed E-state index contributed by atoms with van der Waals surface area (Å²) in [6.45, 7) is 0.